The van der Waals surface area contributed by atoms with Gasteiger partial charge in [0, 0.05) is 49.4 Å². The summed E-state index contributed by atoms with van der Waals surface area (Å²) in [4.78, 5) is 13.2. The van der Waals surface area contributed by atoms with Gasteiger partial charge in [0.2, 0.25) is 10.0 Å². The first kappa shape index (κ1) is 23.7. The maximum Gasteiger partial charge on any atom is 0.251 e. The second-order valence-electron chi connectivity index (χ2n) is 8.76. The molecule has 1 N–H and O–H groups in total. The van der Waals surface area contributed by atoms with Gasteiger partial charge in [-0.2, -0.15) is 4.31 Å². The van der Waals surface area contributed by atoms with Gasteiger partial charge in [0.15, 0.2) is 0 Å². The lowest BCUT2D eigenvalue weighted by atomic mass is 9.73. The molecule has 2 heterocycles. The number of benzene rings is 2. The van der Waals surface area contributed by atoms with E-state index in [1.165, 1.54) is 16.4 Å². The van der Waals surface area contributed by atoms with Gasteiger partial charge < -0.3 is 14.8 Å². The number of ether oxygens (including phenoxy) is 2. The maximum absolute atomic E-state index is 12.9. The Kier molecular flexibility index (Phi) is 7.36. The van der Waals surface area contributed by atoms with Gasteiger partial charge in [-0.15, -0.1) is 0 Å². The standard InChI is InChI=1S/C25H32N2O5S/c1-31-23-8-4-3-7-22(23)25(13-17-32-18-14-25)19-26-24(28)20-9-11-21(12-10-20)33(29,30)27-15-5-2-6-16-27/h3-4,7-12H,2,5-6,13-19H2,1H3,(H,26,28). The van der Waals surface area contributed by atoms with Gasteiger partial charge in [-0.1, -0.05) is 24.6 Å². The average molecular weight is 473 g/mol. The molecule has 0 radical (unpaired) electrons. The van der Waals surface area contributed by atoms with Crippen molar-refractivity contribution in [3.8, 4) is 5.75 Å². The molecule has 0 bridgehead atoms. The molecule has 2 aromatic rings. The number of methoxy groups -OCH3 is 1. The number of piperidine rings is 1. The van der Waals surface area contributed by atoms with Gasteiger partial charge >= 0.3 is 0 Å². The van der Waals surface area contributed by atoms with Gasteiger partial charge in [-0.05, 0) is 56.0 Å². The number of hydrogen-bond donors (Lipinski definition) is 1. The van der Waals surface area contributed by atoms with Gasteiger partial charge in [0.25, 0.3) is 5.91 Å². The molecule has 0 saturated carbocycles. The Labute approximate surface area is 196 Å². The topological polar surface area (TPSA) is 84.9 Å². The summed E-state index contributed by atoms with van der Waals surface area (Å²) in [5, 5.41) is 3.07. The second-order valence-corrected chi connectivity index (χ2v) is 10.7. The molecule has 2 aliphatic rings. The van der Waals surface area contributed by atoms with Crippen LogP contribution in [0.3, 0.4) is 0 Å². The number of nitrogens with one attached hydrogen (secondary N) is 1. The van der Waals surface area contributed by atoms with E-state index < -0.39 is 10.0 Å². The first-order valence-electron chi connectivity index (χ1n) is 11.6. The molecule has 7 nitrogen and oxygen atoms in total. The average Bonchev–Trinajstić information content (AvgIpc) is 2.88. The number of rotatable bonds is 7. The molecule has 1 amide bonds. The number of carbonyl (C=O) groups excluding carboxylic acids is 1. The summed E-state index contributed by atoms with van der Waals surface area (Å²) in [6.07, 6.45) is 4.40. The monoisotopic (exact) mass is 472 g/mol. The molecule has 4 rings (SSSR count). The van der Waals surface area contributed by atoms with Gasteiger partial charge in [0.1, 0.15) is 5.75 Å². The van der Waals surface area contributed by atoms with Crippen molar-refractivity contribution in [2.24, 2.45) is 0 Å². The van der Waals surface area contributed by atoms with Crippen LogP contribution in [0, 0.1) is 0 Å². The number of nitrogens with zero attached hydrogens (tertiary/aromatic N) is 1. The summed E-state index contributed by atoms with van der Waals surface area (Å²) in [5.74, 6) is 0.582. The van der Waals surface area contributed by atoms with E-state index in [9.17, 15) is 13.2 Å². The molecular formula is C25H32N2O5S. The minimum atomic E-state index is -3.51. The van der Waals surface area contributed by atoms with Crippen molar-refractivity contribution in [2.45, 2.75) is 42.4 Å². The van der Waals surface area contributed by atoms with Crippen LogP contribution in [0.2, 0.25) is 0 Å². The first-order valence-corrected chi connectivity index (χ1v) is 13.0. The van der Waals surface area contributed by atoms with Crippen LogP contribution in [0.4, 0.5) is 0 Å². The normalized spacial score (nSPS) is 19.1. The highest BCUT2D eigenvalue weighted by Gasteiger charge is 2.37. The van der Waals surface area contributed by atoms with Crippen LogP contribution in [-0.2, 0) is 20.2 Å². The molecular weight excluding hydrogens is 440 g/mol. The highest BCUT2D eigenvalue weighted by Crippen LogP contribution is 2.39. The van der Waals surface area contributed by atoms with E-state index in [4.69, 9.17) is 9.47 Å². The van der Waals surface area contributed by atoms with Gasteiger partial charge in [-0.3, -0.25) is 4.79 Å². The molecule has 0 atom stereocenters. The summed E-state index contributed by atoms with van der Waals surface area (Å²) < 4.78 is 38.4. The van der Waals surface area contributed by atoms with Crippen molar-refractivity contribution in [1.29, 1.82) is 0 Å². The second kappa shape index (κ2) is 10.2. The van der Waals surface area contributed by atoms with Gasteiger partial charge in [0.05, 0.1) is 12.0 Å². The smallest absolute Gasteiger partial charge is 0.251 e. The van der Waals surface area contributed by atoms with E-state index in [-0.39, 0.29) is 16.2 Å². The molecule has 0 unspecified atom stereocenters. The van der Waals surface area contributed by atoms with Crippen molar-refractivity contribution in [3.63, 3.8) is 0 Å². The number of carbonyl (C=O) groups is 1. The predicted molar refractivity (Wildman–Crippen MR) is 126 cm³/mol. The first-order chi connectivity index (χ1) is 16.0. The minimum absolute atomic E-state index is 0.224. The van der Waals surface area contributed by atoms with E-state index in [0.29, 0.717) is 38.4 Å². The zero-order valence-electron chi connectivity index (χ0n) is 19.1. The van der Waals surface area contributed by atoms with Gasteiger partial charge in [-0.25, -0.2) is 8.42 Å². The lowest BCUT2D eigenvalue weighted by Gasteiger charge is -2.38. The van der Waals surface area contributed by atoms with E-state index in [1.807, 2.05) is 18.2 Å². The Morgan fingerprint density at radius 1 is 1.03 bits per heavy atom. The molecule has 178 valence electrons. The molecule has 0 aliphatic carbocycles. The lowest BCUT2D eigenvalue weighted by Crippen LogP contribution is -2.44. The van der Waals surface area contributed by atoms with Crippen molar-refractivity contribution < 1.29 is 22.7 Å². The summed E-state index contributed by atoms with van der Waals surface area (Å²) in [7, 11) is -1.86. The Bertz CT molecular complexity index is 1060. The Morgan fingerprint density at radius 3 is 2.36 bits per heavy atom. The number of sulfonamides is 1. The zero-order chi connectivity index (χ0) is 23.3. The summed E-state index contributed by atoms with van der Waals surface area (Å²) in [5.41, 5.74) is 1.23. The summed E-state index contributed by atoms with van der Waals surface area (Å²) in [6.45, 7) is 2.80. The predicted octanol–water partition coefficient (Wildman–Crippen LogP) is 3.35. The molecule has 33 heavy (non-hydrogen) atoms. The Balaban J connectivity index is 1.48. The zero-order valence-corrected chi connectivity index (χ0v) is 19.9. The van der Waals surface area contributed by atoms with Crippen molar-refractivity contribution in [3.05, 3.63) is 59.7 Å². The fourth-order valence-electron chi connectivity index (χ4n) is 4.77. The lowest BCUT2D eigenvalue weighted by molar-refractivity contribution is 0.0479. The molecule has 2 aliphatic heterocycles. The fourth-order valence-corrected chi connectivity index (χ4v) is 6.29. The maximum atomic E-state index is 12.9. The van der Waals surface area contributed by atoms with E-state index >= 15 is 0 Å². The van der Waals surface area contributed by atoms with Crippen LogP contribution >= 0.6 is 0 Å². The molecule has 2 fully saturated rings. The van der Waals surface area contributed by atoms with E-state index in [2.05, 4.69) is 11.4 Å². The summed E-state index contributed by atoms with van der Waals surface area (Å²) >= 11 is 0. The summed E-state index contributed by atoms with van der Waals surface area (Å²) in [6, 6.07) is 14.2. The molecule has 0 spiro atoms. The van der Waals surface area contributed by atoms with Crippen LogP contribution in [0.25, 0.3) is 0 Å². The molecule has 0 aromatic heterocycles. The van der Waals surface area contributed by atoms with E-state index in [0.717, 1.165) is 43.4 Å². The third-order valence-corrected chi connectivity index (χ3v) is 8.70. The van der Waals surface area contributed by atoms with Crippen molar-refractivity contribution in [1.82, 2.24) is 9.62 Å². The van der Waals surface area contributed by atoms with E-state index in [1.54, 1.807) is 19.2 Å². The third kappa shape index (κ3) is 5.08. The fraction of sp³-hybridized carbons (Fsp3) is 0.480. The third-order valence-electron chi connectivity index (χ3n) is 6.78. The van der Waals surface area contributed by atoms with Crippen molar-refractivity contribution in [2.75, 3.05) is 40.0 Å². The number of amides is 1. The molecule has 2 saturated heterocycles. The minimum Gasteiger partial charge on any atom is -0.496 e. The highest BCUT2D eigenvalue weighted by atomic mass is 32.2. The number of hydrogen-bond acceptors (Lipinski definition) is 5. The van der Waals surface area contributed by atoms with Crippen LogP contribution in [0.5, 0.6) is 5.75 Å². The van der Waals surface area contributed by atoms with Crippen LogP contribution in [0.15, 0.2) is 53.4 Å². The molecule has 2 aromatic carbocycles. The largest absolute Gasteiger partial charge is 0.496 e. The van der Waals surface area contributed by atoms with Crippen LogP contribution in [-0.4, -0.2) is 58.6 Å². The van der Waals surface area contributed by atoms with Crippen LogP contribution in [0.1, 0.15) is 48.0 Å². The Morgan fingerprint density at radius 2 is 1.70 bits per heavy atom. The Hall–Kier alpha value is -2.42. The van der Waals surface area contributed by atoms with Crippen molar-refractivity contribution >= 4 is 15.9 Å². The highest BCUT2D eigenvalue weighted by molar-refractivity contribution is 7.89. The quantitative estimate of drug-likeness (QED) is 0.668. The van der Waals surface area contributed by atoms with Crippen LogP contribution < -0.4 is 10.1 Å². The SMILES string of the molecule is COc1ccccc1C1(CNC(=O)c2ccc(S(=O)(=O)N3CCCCC3)cc2)CCOCC1. The number of para-hydroxylation sites is 1. The molecule has 8 heteroatoms.